The van der Waals surface area contributed by atoms with Crippen molar-refractivity contribution in [2.75, 3.05) is 18.4 Å². The summed E-state index contributed by atoms with van der Waals surface area (Å²) in [7, 11) is -3.48. The van der Waals surface area contributed by atoms with E-state index in [4.69, 9.17) is 0 Å². The van der Waals surface area contributed by atoms with Crippen molar-refractivity contribution in [2.24, 2.45) is 5.92 Å². The van der Waals surface area contributed by atoms with E-state index in [1.54, 1.807) is 42.5 Å². The van der Waals surface area contributed by atoms with E-state index >= 15 is 0 Å². The second kappa shape index (κ2) is 7.97. The average Bonchev–Trinajstić information content (AvgIpc) is 2.65. The Hall–Kier alpha value is -2.25. The second-order valence-electron chi connectivity index (χ2n) is 6.39. The van der Waals surface area contributed by atoms with Gasteiger partial charge in [-0.15, -0.1) is 0 Å². The smallest absolute Gasteiger partial charge is 0.243 e. The Labute approximate surface area is 152 Å². The molecule has 0 saturated carbocycles. The Morgan fingerprint density at radius 2 is 1.65 bits per heavy atom. The first kappa shape index (κ1) is 18.5. The number of amides is 1. The Kier molecular flexibility index (Phi) is 5.68. The van der Waals surface area contributed by atoms with E-state index in [-0.39, 0.29) is 28.8 Å². The highest BCUT2D eigenvalue weighted by Crippen LogP contribution is 2.26. The lowest BCUT2D eigenvalue weighted by molar-refractivity contribution is -0.117. The van der Waals surface area contributed by atoms with E-state index in [9.17, 15) is 17.6 Å². The summed E-state index contributed by atoms with van der Waals surface area (Å²) < 4.78 is 40.2. The van der Waals surface area contributed by atoms with Gasteiger partial charge >= 0.3 is 0 Å². The molecule has 5 nitrogen and oxygen atoms in total. The van der Waals surface area contributed by atoms with E-state index in [1.807, 2.05) is 0 Å². The van der Waals surface area contributed by atoms with Crippen molar-refractivity contribution in [1.82, 2.24) is 4.31 Å². The number of piperidine rings is 1. The summed E-state index contributed by atoms with van der Waals surface area (Å²) in [4.78, 5) is 12.4. The largest absolute Gasteiger partial charge is 0.324 e. The Balaban J connectivity index is 1.54. The maximum atomic E-state index is 13.6. The van der Waals surface area contributed by atoms with Gasteiger partial charge in [0.15, 0.2) is 0 Å². The molecule has 1 N–H and O–H groups in total. The quantitative estimate of drug-likeness (QED) is 0.871. The predicted molar refractivity (Wildman–Crippen MR) is 97.6 cm³/mol. The highest BCUT2D eigenvalue weighted by molar-refractivity contribution is 7.89. The number of nitrogens with one attached hydrogen (secondary N) is 1. The molecule has 1 aliphatic heterocycles. The number of carbonyl (C=O) groups excluding carboxylic acids is 1. The molecule has 0 radical (unpaired) electrons. The van der Waals surface area contributed by atoms with Crippen LogP contribution < -0.4 is 5.32 Å². The van der Waals surface area contributed by atoms with Gasteiger partial charge < -0.3 is 5.32 Å². The fraction of sp³-hybridized carbons (Fsp3) is 0.316. The summed E-state index contributed by atoms with van der Waals surface area (Å²) in [5.41, 5.74) is 0.168. The van der Waals surface area contributed by atoms with Gasteiger partial charge in [0.25, 0.3) is 0 Å². The van der Waals surface area contributed by atoms with E-state index in [0.29, 0.717) is 25.9 Å². The molecule has 1 heterocycles. The third-order valence-corrected chi connectivity index (χ3v) is 6.49. The van der Waals surface area contributed by atoms with Crippen LogP contribution >= 0.6 is 0 Å². The first-order chi connectivity index (χ1) is 12.5. The summed E-state index contributed by atoms with van der Waals surface area (Å²) in [6, 6.07) is 14.4. The number of para-hydroxylation sites is 1. The molecule has 1 fully saturated rings. The third-order valence-electron chi connectivity index (χ3n) is 4.58. The van der Waals surface area contributed by atoms with E-state index in [2.05, 4.69) is 5.32 Å². The first-order valence-corrected chi connectivity index (χ1v) is 10.0. The SMILES string of the molecule is O=C(CC1CCN(S(=O)(=O)c2ccccc2)CC1)Nc1ccccc1F. The highest BCUT2D eigenvalue weighted by atomic mass is 32.2. The topological polar surface area (TPSA) is 66.5 Å². The van der Waals surface area contributed by atoms with Gasteiger partial charge in [-0.2, -0.15) is 4.31 Å². The fourth-order valence-corrected chi connectivity index (χ4v) is 4.61. The van der Waals surface area contributed by atoms with Gasteiger partial charge in [-0.25, -0.2) is 12.8 Å². The Morgan fingerprint density at radius 1 is 1.04 bits per heavy atom. The van der Waals surface area contributed by atoms with Crippen LogP contribution in [0.1, 0.15) is 19.3 Å². The van der Waals surface area contributed by atoms with Gasteiger partial charge in [0, 0.05) is 19.5 Å². The zero-order valence-corrected chi connectivity index (χ0v) is 15.1. The molecule has 0 bridgehead atoms. The van der Waals surface area contributed by atoms with Crippen LogP contribution in [0.5, 0.6) is 0 Å². The molecule has 2 aromatic carbocycles. The predicted octanol–water partition coefficient (Wildman–Crippen LogP) is 3.26. The molecule has 0 aliphatic carbocycles. The number of halogens is 1. The molecule has 0 atom stereocenters. The molecule has 7 heteroatoms. The average molecular weight is 376 g/mol. The Morgan fingerprint density at radius 3 is 2.31 bits per heavy atom. The second-order valence-corrected chi connectivity index (χ2v) is 8.33. The van der Waals surface area contributed by atoms with E-state index in [1.165, 1.54) is 16.4 Å². The number of hydrogen-bond donors (Lipinski definition) is 1. The number of hydrogen-bond acceptors (Lipinski definition) is 3. The van der Waals surface area contributed by atoms with Crippen molar-refractivity contribution in [3.63, 3.8) is 0 Å². The minimum absolute atomic E-state index is 0.0870. The van der Waals surface area contributed by atoms with Crippen LogP contribution in [0.2, 0.25) is 0 Å². The van der Waals surface area contributed by atoms with Crippen LogP contribution in [-0.4, -0.2) is 31.7 Å². The monoisotopic (exact) mass is 376 g/mol. The number of benzene rings is 2. The molecule has 3 rings (SSSR count). The summed E-state index contributed by atoms with van der Waals surface area (Å²) in [6.45, 7) is 0.768. The highest BCUT2D eigenvalue weighted by Gasteiger charge is 2.30. The summed E-state index contributed by atoms with van der Waals surface area (Å²) in [5, 5.41) is 2.58. The maximum Gasteiger partial charge on any atom is 0.243 e. The zero-order chi connectivity index (χ0) is 18.6. The number of nitrogens with zero attached hydrogens (tertiary/aromatic N) is 1. The van der Waals surface area contributed by atoms with Crippen molar-refractivity contribution in [1.29, 1.82) is 0 Å². The van der Waals surface area contributed by atoms with Crippen molar-refractivity contribution in [3.8, 4) is 0 Å². The molecule has 26 heavy (non-hydrogen) atoms. The molecule has 1 aliphatic rings. The van der Waals surface area contributed by atoms with Gasteiger partial charge in [0.1, 0.15) is 5.82 Å². The van der Waals surface area contributed by atoms with Crippen LogP contribution in [-0.2, 0) is 14.8 Å². The van der Waals surface area contributed by atoms with Crippen LogP contribution in [0.15, 0.2) is 59.5 Å². The van der Waals surface area contributed by atoms with Crippen molar-refractivity contribution in [3.05, 3.63) is 60.4 Å². The molecule has 1 amide bonds. The lowest BCUT2D eigenvalue weighted by Gasteiger charge is -2.31. The Bertz CT molecular complexity index is 863. The fourth-order valence-electron chi connectivity index (χ4n) is 3.12. The van der Waals surface area contributed by atoms with Gasteiger partial charge in [-0.3, -0.25) is 4.79 Å². The molecule has 0 spiro atoms. The van der Waals surface area contributed by atoms with Crippen LogP contribution in [0.25, 0.3) is 0 Å². The molecular formula is C19H21FN2O3S. The van der Waals surface area contributed by atoms with Gasteiger partial charge in [0.05, 0.1) is 10.6 Å². The van der Waals surface area contributed by atoms with E-state index < -0.39 is 15.8 Å². The number of rotatable bonds is 5. The third kappa shape index (κ3) is 4.28. The summed E-state index contributed by atoms with van der Waals surface area (Å²) in [5.74, 6) is -0.631. The standard InChI is InChI=1S/C19H21FN2O3S/c20-17-8-4-5-9-18(17)21-19(23)14-15-10-12-22(13-11-15)26(24,25)16-6-2-1-3-7-16/h1-9,15H,10-14H2,(H,21,23). The number of sulfonamides is 1. The molecule has 0 unspecified atom stereocenters. The van der Waals surface area contributed by atoms with E-state index in [0.717, 1.165) is 0 Å². The molecule has 1 saturated heterocycles. The lowest BCUT2D eigenvalue weighted by atomic mass is 9.94. The molecular weight excluding hydrogens is 355 g/mol. The van der Waals surface area contributed by atoms with Crippen LogP contribution in [0, 0.1) is 11.7 Å². The zero-order valence-electron chi connectivity index (χ0n) is 14.3. The first-order valence-electron chi connectivity index (χ1n) is 8.56. The van der Waals surface area contributed by atoms with Crippen LogP contribution in [0.4, 0.5) is 10.1 Å². The minimum atomic E-state index is -3.48. The lowest BCUT2D eigenvalue weighted by Crippen LogP contribution is -2.39. The van der Waals surface area contributed by atoms with Gasteiger partial charge in [0.2, 0.25) is 15.9 Å². The number of anilines is 1. The maximum absolute atomic E-state index is 13.6. The van der Waals surface area contributed by atoms with Crippen molar-refractivity contribution >= 4 is 21.6 Å². The molecule has 0 aromatic heterocycles. The van der Waals surface area contributed by atoms with Gasteiger partial charge in [-0.05, 0) is 43.0 Å². The summed E-state index contributed by atoms with van der Waals surface area (Å²) in [6.07, 6.45) is 1.47. The van der Waals surface area contributed by atoms with Crippen LogP contribution in [0.3, 0.4) is 0 Å². The summed E-state index contributed by atoms with van der Waals surface area (Å²) >= 11 is 0. The molecule has 138 valence electrons. The number of carbonyl (C=O) groups is 1. The van der Waals surface area contributed by atoms with Crippen molar-refractivity contribution in [2.45, 2.75) is 24.2 Å². The van der Waals surface area contributed by atoms with Gasteiger partial charge in [-0.1, -0.05) is 30.3 Å². The normalized spacial score (nSPS) is 16.3. The molecule has 2 aromatic rings. The van der Waals surface area contributed by atoms with Crippen molar-refractivity contribution < 1.29 is 17.6 Å². The minimum Gasteiger partial charge on any atom is -0.324 e.